The van der Waals surface area contributed by atoms with Gasteiger partial charge in [-0.05, 0) is 37.5 Å². The minimum absolute atomic E-state index is 0.00385. The zero-order valence-corrected chi connectivity index (χ0v) is 13.7. The predicted molar refractivity (Wildman–Crippen MR) is 86.1 cm³/mol. The van der Waals surface area contributed by atoms with E-state index in [-0.39, 0.29) is 18.7 Å². The monoisotopic (exact) mass is 328 g/mol. The Morgan fingerprint density at radius 1 is 1.29 bits per heavy atom. The number of fused-ring (bicyclic) bond motifs is 1. The summed E-state index contributed by atoms with van der Waals surface area (Å²) >= 11 is 0. The van der Waals surface area contributed by atoms with E-state index in [1.54, 1.807) is 18.2 Å². The highest BCUT2D eigenvalue weighted by atomic mass is 16.7. The third-order valence-electron chi connectivity index (χ3n) is 4.55. The molecule has 0 saturated carbocycles. The van der Waals surface area contributed by atoms with E-state index in [1.807, 2.05) is 11.0 Å². The lowest BCUT2D eigenvalue weighted by atomic mass is 10.1. The van der Waals surface area contributed by atoms with Crippen molar-refractivity contribution >= 4 is 5.91 Å². The highest BCUT2D eigenvalue weighted by Crippen LogP contribution is 2.36. The van der Waals surface area contributed by atoms with Gasteiger partial charge in [0.2, 0.25) is 6.79 Å². The molecule has 0 unspecified atom stereocenters. The Labute approximate surface area is 140 Å². The molecule has 6 heteroatoms. The molecule has 4 rings (SSSR count). The van der Waals surface area contributed by atoms with E-state index in [0.29, 0.717) is 17.1 Å². The van der Waals surface area contributed by atoms with Crippen LogP contribution in [0.25, 0.3) is 0 Å². The number of nitrogens with zero attached hydrogens (tertiary/aromatic N) is 2. The molecule has 1 aromatic carbocycles. The Kier molecular flexibility index (Phi) is 3.88. The number of carbonyl (C=O) groups is 1. The maximum atomic E-state index is 12.9. The second-order valence-electron chi connectivity index (χ2n) is 6.19. The van der Waals surface area contributed by atoms with E-state index in [1.165, 1.54) is 0 Å². The number of benzene rings is 1. The van der Waals surface area contributed by atoms with Crippen molar-refractivity contribution in [1.82, 2.24) is 10.1 Å². The van der Waals surface area contributed by atoms with Crippen LogP contribution in [0.15, 0.2) is 28.8 Å². The largest absolute Gasteiger partial charge is 0.454 e. The first-order valence-electron chi connectivity index (χ1n) is 8.42. The Bertz CT molecular complexity index is 755. The molecule has 2 aliphatic heterocycles. The fraction of sp³-hybridized carbons (Fsp3) is 0.444. The molecule has 1 atom stereocenters. The van der Waals surface area contributed by atoms with Gasteiger partial charge >= 0.3 is 0 Å². The lowest BCUT2D eigenvalue weighted by Crippen LogP contribution is -2.30. The molecule has 0 radical (unpaired) electrons. The minimum Gasteiger partial charge on any atom is -0.454 e. The van der Waals surface area contributed by atoms with Gasteiger partial charge in [0, 0.05) is 24.6 Å². The lowest BCUT2D eigenvalue weighted by molar-refractivity contribution is 0.0730. The molecule has 2 aliphatic rings. The highest BCUT2D eigenvalue weighted by Gasteiger charge is 2.33. The SMILES string of the molecule is CCCc1cc([C@@H]2CCCN2C(=O)c2ccc3c(c2)OCO3)no1. The third-order valence-corrected chi connectivity index (χ3v) is 4.55. The van der Waals surface area contributed by atoms with Crippen LogP contribution < -0.4 is 9.47 Å². The van der Waals surface area contributed by atoms with Crippen LogP contribution in [0, 0.1) is 0 Å². The topological polar surface area (TPSA) is 64.8 Å². The fourth-order valence-corrected chi connectivity index (χ4v) is 3.36. The van der Waals surface area contributed by atoms with Crippen molar-refractivity contribution in [3.8, 4) is 11.5 Å². The van der Waals surface area contributed by atoms with Crippen molar-refractivity contribution < 1.29 is 18.8 Å². The number of likely N-dealkylation sites (tertiary alicyclic amines) is 1. The molecular formula is C18H20N2O4. The zero-order chi connectivity index (χ0) is 16.5. The second kappa shape index (κ2) is 6.19. The van der Waals surface area contributed by atoms with Crippen molar-refractivity contribution in [2.45, 2.75) is 38.6 Å². The van der Waals surface area contributed by atoms with E-state index in [0.717, 1.165) is 43.7 Å². The zero-order valence-electron chi connectivity index (χ0n) is 13.7. The predicted octanol–water partition coefficient (Wildman–Crippen LogP) is 3.33. The summed E-state index contributed by atoms with van der Waals surface area (Å²) in [6.07, 6.45) is 3.76. The maximum Gasteiger partial charge on any atom is 0.254 e. The number of hydrogen-bond acceptors (Lipinski definition) is 5. The van der Waals surface area contributed by atoms with Gasteiger partial charge in [0.1, 0.15) is 11.5 Å². The summed E-state index contributed by atoms with van der Waals surface area (Å²) in [6.45, 7) is 3.04. The van der Waals surface area contributed by atoms with Crippen LogP contribution in [0.1, 0.15) is 54.0 Å². The number of carbonyl (C=O) groups excluding carboxylic acids is 1. The van der Waals surface area contributed by atoms with E-state index in [2.05, 4.69) is 12.1 Å². The smallest absolute Gasteiger partial charge is 0.254 e. The number of ether oxygens (including phenoxy) is 2. The Hall–Kier alpha value is -2.50. The number of rotatable bonds is 4. The first-order chi connectivity index (χ1) is 11.8. The van der Waals surface area contributed by atoms with Gasteiger partial charge in [0.25, 0.3) is 5.91 Å². The molecule has 6 nitrogen and oxygen atoms in total. The number of hydrogen-bond donors (Lipinski definition) is 0. The van der Waals surface area contributed by atoms with Gasteiger partial charge in [0.15, 0.2) is 11.5 Å². The molecule has 3 heterocycles. The van der Waals surface area contributed by atoms with E-state index in [4.69, 9.17) is 14.0 Å². The van der Waals surface area contributed by atoms with Crippen molar-refractivity contribution in [2.24, 2.45) is 0 Å². The molecule has 126 valence electrons. The maximum absolute atomic E-state index is 12.9. The van der Waals surface area contributed by atoms with Crippen LogP contribution in [0.5, 0.6) is 11.5 Å². The number of aromatic nitrogens is 1. The minimum atomic E-state index is -0.0164. The van der Waals surface area contributed by atoms with Crippen LogP contribution >= 0.6 is 0 Å². The molecule has 24 heavy (non-hydrogen) atoms. The van der Waals surface area contributed by atoms with Gasteiger partial charge in [-0.1, -0.05) is 12.1 Å². The summed E-state index contributed by atoms with van der Waals surface area (Å²) in [4.78, 5) is 14.8. The van der Waals surface area contributed by atoms with Crippen LogP contribution in [0.3, 0.4) is 0 Å². The average Bonchev–Trinajstić information content (AvgIpc) is 3.33. The Morgan fingerprint density at radius 3 is 3.04 bits per heavy atom. The molecular weight excluding hydrogens is 308 g/mol. The second-order valence-corrected chi connectivity index (χ2v) is 6.19. The van der Waals surface area contributed by atoms with Gasteiger partial charge in [-0.2, -0.15) is 0 Å². The normalized spacial score (nSPS) is 19.0. The number of amides is 1. The van der Waals surface area contributed by atoms with Crippen LogP contribution in [-0.2, 0) is 6.42 Å². The molecule has 1 fully saturated rings. The molecule has 2 aromatic rings. The Balaban J connectivity index is 1.56. The summed E-state index contributed by atoms with van der Waals surface area (Å²) in [5.74, 6) is 2.19. The van der Waals surface area contributed by atoms with Crippen LogP contribution in [0.4, 0.5) is 0 Å². The van der Waals surface area contributed by atoms with Gasteiger partial charge in [0.05, 0.1) is 6.04 Å². The summed E-state index contributed by atoms with van der Waals surface area (Å²) < 4.78 is 16.1. The molecule has 1 amide bonds. The third kappa shape index (κ3) is 2.62. The highest BCUT2D eigenvalue weighted by molar-refractivity contribution is 5.95. The Morgan fingerprint density at radius 2 is 2.17 bits per heavy atom. The van der Waals surface area contributed by atoms with Gasteiger partial charge in [-0.25, -0.2) is 0 Å². The summed E-state index contributed by atoms with van der Waals surface area (Å²) in [6, 6.07) is 7.30. The number of aryl methyl sites for hydroxylation is 1. The van der Waals surface area contributed by atoms with Gasteiger partial charge < -0.3 is 18.9 Å². The molecule has 1 aromatic heterocycles. The van der Waals surface area contributed by atoms with E-state index < -0.39 is 0 Å². The quantitative estimate of drug-likeness (QED) is 0.861. The van der Waals surface area contributed by atoms with Crippen molar-refractivity contribution in [3.05, 3.63) is 41.3 Å². The van der Waals surface area contributed by atoms with Crippen molar-refractivity contribution in [2.75, 3.05) is 13.3 Å². The molecule has 0 aliphatic carbocycles. The first kappa shape index (κ1) is 15.1. The van der Waals surface area contributed by atoms with Gasteiger partial charge in [-0.15, -0.1) is 0 Å². The molecule has 0 bridgehead atoms. The fourth-order valence-electron chi connectivity index (χ4n) is 3.36. The molecule has 0 spiro atoms. The summed E-state index contributed by atoms with van der Waals surface area (Å²) in [7, 11) is 0. The van der Waals surface area contributed by atoms with Crippen LogP contribution in [0.2, 0.25) is 0 Å². The van der Waals surface area contributed by atoms with Crippen molar-refractivity contribution in [3.63, 3.8) is 0 Å². The lowest BCUT2D eigenvalue weighted by Gasteiger charge is -2.23. The van der Waals surface area contributed by atoms with E-state index >= 15 is 0 Å². The van der Waals surface area contributed by atoms with E-state index in [9.17, 15) is 4.79 Å². The van der Waals surface area contributed by atoms with Crippen LogP contribution in [-0.4, -0.2) is 29.3 Å². The first-order valence-corrected chi connectivity index (χ1v) is 8.42. The average molecular weight is 328 g/mol. The summed E-state index contributed by atoms with van der Waals surface area (Å²) in [5.41, 5.74) is 1.47. The van der Waals surface area contributed by atoms with Gasteiger partial charge in [-0.3, -0.25) is 4.79 Å². The summed E-state index contributed by atoms with van der Waals surface area (Å²) in [5, 5.41) is 4.19. The van der Waals surface area contributed by atoms with Crippen molar-refractivity contribution in [1.29, 1.82) is 0 Å². The molecule has 1 saturated heterocycles. The molecule has 0 N–H and O–H groups in total. The standard InChI is InChI=1S/C18H20N2O4/c1-2-4-13-10-14(19-24-13)15-5-3-8-20(15)18(21)12-6-7-16-17(9-12)23-11-22-16/h6-7,9-10,15H,2-5,8,11H2,1H3/t15-/m0/s1.